The Morgan fingerprint density at radius 2 is 1.75 bits per heavy atom. The zero-order chi connectivity index (χ0) is 17.6. The average molecular weight is 322 g/mol. The van der Waals surface area contributed by atoms with E-state index in [1.54, 1.807) is 0 Å². The van der Waals surface area contributed by atoms with Crippen LogP contribution in [0.4, 0.5) is 0 Å². The van der Waals surface area contributed by atoms with Crippen molar-refractivity contribution in [1.82, 2.24) is 0 Å². The van der Waals surface area contributed by atoms with Gasteiger partial charge in [-0.05, 0) is 34.1 Å². The summed E-state index contributed by atoms with van der Waals surface area (Å²) >= 11 is 0. The minimum Gasteiger partial charge on any atom is -0.461 e. The summed E-state index contributed by atoms with van der Waals surface area (Å²) in [5.41, 5.74) is 4.84. The molecule has 0 heterocycles. The van der Waals surface area contributed by atoms with Gasteiger partial charge < -0.3 is 4.74 Å². The number of carbonyl (C=O) groups is 1. The number of benzene rings is 2. The van der Waals surface area contributed by atoms with Crippen LogP contribution in [-0.4, -0.2) is 12.6 Å². The minimum atomic E-state index is -0.252. The second kappa shape index (κ2) is 7.96. The molecule has 2 heteroatoms. The van der Waals surface area contributed by atoms with Crippen LogP contribution in [-0.2, 0) is 21.4 Å². The minimum absolute atomic E-state index is 0.110. The molecular formula is C22H26O2. The number of ether oxygens (including phenoxy) is 1. The molecule has 0 aliphatic carbocycles. The van der Waals surface area contributed by atoms with Crippen molar-refractivity contribution in [3.05, 3.63) is 76.9 Å². The summed E-state index contributed by atoms with van der Waals surface area (Å²) < 4.78 is 5.24. The zero-order valence-electron chi connectivity index (χ0n) is 15.0. The van der Waals surface area contributed by atoms with Gasteiger partial charge in [0, 0.05) is 6.92 Å². The molecule has 0 spiro atoms. The van der Waals surface area contributed by atoms with Gasteiger partial charge in [0.2, 0.25) is 0 Å². The number of rotatable bonds is 5. The molecule has 0 aliphatic heterocycles. The van der Waals surface area contributed by atoms with Crippen molar-refractivity contribution in [2.45, 2.75) is 39.5 Å². The van der Waals surface area contributed by atoms with Crippen molar-refractivity contribution < 1.29 is 9.53 Å². The van der Waals surface area contributed by atoms with Gasteiger partial charge in [-0.25, -0.2) is 0 Å². The Labute approximate surface area is 145 Å². The lowest BCUT2D eigenvalue weighted by atomic mass is 9.86. The normalized spacial score (nSPS) is 12.1. The maximum atomic E-state index is 11.2. The van der Waals surface area contributed by atoms with E-state index >= 15 is 0 Å². The molecule has 126 valence electrons. The van der Waals surface area contributed by atoms with Crippen molar-refractivity contribution in [2.24, 2.45) is 0 Å². The number of carbonyl (C=O) groups excluding carboxylic acids is 1. The lowest BCUT2D eigenvalue weighted by Crippen LogP contribution is -2.11. The Morgan fingerprint density at radius 3 is 2.38 bits per heavy atom. The molecule has 0 atom stereocenters. The molecule has 0 bridgehead atoms. The average Bonchev–Trinajstić information content (AvgIpc) is 2.53. The van der Waals surface area contributed by atoms with Crippen molar-refractivity contribution >= 4 is 12.0 Å². The predicted octanol–water partition coefficient (Wildman–Crippen LogP) is 5.17. The van der Waals surface area contributed by atoms with E-state index in [2.05, 4.69) is 63.2 Å². The molecule has 2 nitrogen and oxygen atoms in total. The van der Waals surface area contributed by atoms with E-state index in [-0.39, 0.29) is 11.4 Å². The molecule has 0 amide bonds. The molecule has 24 heavy (non-hydrogen) atoms. The van der Waals surface area contributed by atoms with Crippen LogP contribution in [0.1, 0.15) is 44.4 Å². The molecular weight excluding hydrogens is 296 g/mol. The molecule has 2 aromatic rings. The molecule has 0 unspecified atom stereocenters. The summed E-state index contributed by atoms with van der Waals surface area (Å²) in [4.78, 5) is 11.2. The summed E-state index contributed by atoms with van der Waals surface area (Å²) in [6.07, 6.45) is 2.90. The Bertz CT molecular complexity index is 706. The third-order valence-electron chi connectivity index (χ3n) is 3.86. The number of hydrogen-bond acceptors (Lipinski definition) is 2. The summed E-state index contributed by atoms with van der Waals surface area (Å²) in [5, 5.41) is 0. The van der Waals surface area contributed by atoms with Crippen molar-refractivity contribution in [3.63, 3.8) is 0 Å². The highest BCUT2D eigenvalue weighted by Gasteiger charge is 2.13. The molecule has 2 aromatic carbocycles. The van der Waals surface area contributed by atoms with Gasteiger partial charge >= 0.3 is 5.97 Å². The second-order valence-corrected chi connectivity index (χ2v) is 7.12. The van der Waals surface area contributed by atoms with E-state index in [4.69, 9.17) is 4.74 Å². The van der Waals surface area contributed by atoms with Gasteiger partial charge in [0.25, 0.3) is 0 Å². The summed E-state index contributed by atoms with van der Waals surface area (Å²) in [6, 6.07) is 18.8. The summed E-state index contributed by atoms with van der Waals surface area (Å²) in [5.74, 6) is -0.252. The standard InChI is InChI=1S/C22H26O2/c1-17(23)24-16-20(13-18-9-6-5-7-10-18)14-19-11-8-12-21(15-19)22(2,3)4/h5-12,14-15H,13,16H2,1-4H3/b20-14-. The van der Waals surface area contributed by atoms with E-state index in [0.29, 0.717) is 6.61 Å². The fourth-order valence-electron chi connectivity index (χ4n) is 2.53. The van der Waals surface area contributed by atoms with Gasteiger partial charge in [0.15, 0.2) is 0 Å². The molecule has 0 saturated heterocycles. The van der Waals surface area contributed by atoms with E-state index in [1.165, 1.54) is 18.1 Å². The largest absolute Gasteiger partial charge is 0.461 e. The van der Waals surface area contributed by atoms with Crippen LogP contribution in [0.3, 0.4) is 0 Å². The monoisotopic (exact) mass is 322 g/mol. The molecule has 0 radical (unpaired) electrons. The first-order valence-corrected chi connectivity index (χ1v) is 8.32. The molecule has 0 aliphatic rings. The van der Waals surface area contributed by atoms with Crippen LogP contribution in [0.2, 0.25) is 0 Å². The van der Waals surface area contributed by atoms with E-state index in [1.807, 2.05) is 18.2 Å². The maximum absolute atomic E-state index is 11.2. The topological polar surface area (TPSA) is 26.3 Å². The Balaban J connectivity index is 2.28. The fourth-order valence-corrected chi connectivity index (χ4v) is 2.53. The fraction of sp³-hybridized carbons (Fsp3) is 0.318. The molecule has 2 rings (SSSR count). The van der Waals surface area contributed by atoms with Gasteiger partial charge in [0.05, 0.1) is 0 Å². The van der Waals surface area contributed by atoms with E-state index in [9.17, 15) is 4.79 Å². The van der Waals surface area contributed by atoms with Gasteiger partial charge in [0.1, 0.15) is 6.61 Å². The van der Waals surface area contributed by atoms with Crippen molar-refractivity contribution in [1.29, 1.82) is 0 Å². The van der Waals surface area contributed by atoms with Gasteiger partial charge in [-0.3, -0.25) is 4.79 Å². The maximum Gasteiger partial charge on any atom is 0.302 e. The third-order valence-corrected chi connectivity index (χ3v) is 3.86. The van der Waals surface area contributed by atoms with Crippen LogP contribution in [0, 0.1) is 0 Å². The number of hydrogen-bond donors (Lipinski definition) is 0. The van der Waals surface area contributed by atoms with Gasteiger partial charge in [-0.1, -0.05) is 81.4 Å². The molecule has 0 fully saturated rings. The Morgan fingerprint density at radius 1 is 1.04 bits per heavy atom. The zero-order valence-corrected chi connectivity index (χ0v) is 15.0. The Kier molecular flexibility index (Phi) is 5.97. The lowest BCUT2D eigenvalue weighted by molar-refractivity contribution is -0.139. The highest BCUT2D eigenvalue weighted by atomic mass is 16.5. The second-order valence-electron chi connectivity index (χ2n) is 7.12. The summed E-state index contributed by atoms with van der Waals surface area (Å²) in [7, 11) is 0. The van der Waals surface area contributed by atoms with E-state index < -0.39 is 0 Å². The van der Waals surface area contributed by atoms with Crippen LogP contribution < -0.4 is 0 Å². The molecule has 0 N–H and O–H groups in total. The van der Waals surface area contributed by atoms with Crippen LogP contribution in [0.15, 0.2) is 60.2 Å². The quantitative estimate of drug-likeness (QED) is 0.710. The van der Waals surface area contributed by atoms with Crippen LogP contribution >= 0.6 is 0 Å². The Hall–Kier alpha value is -2.35. The highest BCUT2D eigenvalue weighted by Crippen LogP contribution is 2.24. The number of esters is 1. The van der Waals surface area contributed by atoms with Crippen LogP contribution in [0.5, 0.6) is 0 Å². The predicted molar refractivity (Wildman–Crippen MR) is 99.9 cm³/mol. The van der Waals surface area contributed by atoms with Crippen molar-refractivity contribution in [2.75, 3.05) is 6.61 Å². The smallest absolute Gasteiger partial charge is 0.302 e. The first-order valence-electron chi connectivity index (χ1n) is 8.32. The molecule has 0 saturated carbocycles. The van der Waals surface area contributed by atoms with Gasteiger partial charge in [-0.2, -0.15) is 0 Å². The third kappa shape index (κ3) is 5.69. The first kappa shape index (κ1) is 18.0. The highest BCUT2D eigenvalue weighted by molar-refractivity contribution is 5.66. The lowest BCUT2D eigenvalue weighted by Gasteiger charge is -2.19. The van der Waals surface area contributed by atoms with E-state index in [0.717, 1.165) is 17.6 Å². The van der Waals surface area contributed by atoms with Crippen LogP contribution in [0.25, 0.3) is 6.08 Å². The SMILES string of the molecule is CC(=O)OC/C(=C\c1cccc(C(C)(C)C)c1)Cc1ccccc1. The van der Waals surface area contributed by atoms with Gasteiger partial charge in [-0.15, -0.1) is 0 Å². The summed E-state index contributed by atoms with van der Waals surface area (Å²) in [6.45, 7) is 8.39. The molecule has 0 aromatic heterocycles. The first-order chi connectivity index (χ1) is 11.3. The van der Waals surface area contributed by atoms with Crippen molar-refractivity contribution in [3.8, 4) is 0 Å².